The number of aliphatic hydroxyl groups is 1. The molecule has 2 atom stereocenters. The molecule has 0 bridgehead atoms. The average molecular weight is 275 g/mol. The van der Waals surface area contributed by atoms with Crippen molar-refractivity contribution in [2.45, 2.75) is 30.9 Å². The number of sulfonamides is 1. The van der Waals surface area contributed by atoms with E-state index >= 15 is 0 Å². The molecule has 2 N–H and O–H groups in total. The Morgan fingerprint density at radius 3 is 2.94 bits per heavy atom. The van der Waals surface area contributed by atoms with Crippen molar-refractivity contribution in [1.82, 2.24) is 14.5 Å². The molecule has 8 heteroatoms. The van der Waals surface area contributed by atoms with Gasteiger partial charge in [0.25, 0.3) is 0 Å². The van der Waals surface area contributed by atoms with Gasteiger partial charge in [-0.15, -0.1) is 0 Å². The molecule has 0 radical (unpaired) electrons. The SMILES string of the molecule is Cc1[nH]ncc1S(=O)(=O)N1CC(CO)OCC1C. The molecule has 1 aromatic rings. The third-order valence-corrected chi connectivity index (χ3v) is 5.12. The first-order valence-electron chi connectivity index (χ1n) is 5.71. The van der Waals surface area contributed by atoms with Crippen molar-refractivity contribution in [3.63, 3.8) is 0 Å². The summed E-state index contributed by atoms with van der Waals surface area (Å²) in [6.45, 7) is 3.68. The lowest BCUT2D eigenvalue weighted by atomic mass is 10.2. The predicted octanol–water partition coefficient (Wildman–Crippen LogP) is -0.512. The van der Waals surface area contributed by atoms with Crippen LogP contribution in [0.25, 0.3) is 0 Å². The first kappa shape index (κ1) is 13.5. The minimum absolute atomic E-state index is 0.157. The molecular weight excluding hydrogens is 258 g/mol. The van der Waals surface area contributed by atoms with Crippen LogP contribution in [0, 0.1) is 6.92 Å². The van der Waals surface area contributed by atoms with Crippen LogP contribution in [0.15, 0.2) is 11.1 Å². The van der Waals surface area contributed by atoms with Gasteiger partial charge in [-0.2, -0.15) is 9.40 Å². The average Bonchev–Trinajstić information content (AvgIpc) is 2.76. The van der Waals surface area contributed by atoms with E-state index in [-0.39, 0.29) is 30.7 Å². The van der Waals surface area contributed by atoms with E-state index in [1.165, 1.54) is 10.5 Å². The number of morpholine rings is 1. The molecule has 7 nitrogen and oxygen atoms in total. The van der Waals surface area contributed by atoms with Gasteiger partial charge in [0.05, 0.1) is 31.2 Å². The molecule has 1 aromatic heterocycles. The van der Waals surface area contributed by atoms with Crippen molar-refractivity contribution in [3.8, 4) is 0 Å². The van der Waals surface area contributed by atoms with Crippen LogP contribution in [0.3, 0.4) is 0 Å². The molecule has 2 rings (SSSR count). The summed E-state index contributed by atoms with van der Waals surface area (Å²) in [5.41, 5.74) is 0.509. The zero-order valence-electron chi connectivity index (χ0n) is 10.3. The van der Waals surface area contributed by atoms with Crippen LogP contribution >= 0.6 is 0 Å². The Balaban J connectivity index is 2.31. The van der Waals surface area contributed by atoms with Crippen molar-refractivity contribution < 1.29 is 18.3 Å². The fourth-order valence-corrected chi connectivity index (χ4v) is 3.73. The summed E-state index contributed by atoms with van der Waals surface area (Å²) in [6.07, 6.45) is 0.837. The number of H-pyrrole nitrogens is 1. The number of nitrogens with zero attached hydrogens (tertiary/aromatic N) is 2. The third kappa shape index (κ3) is 2.28. The van der Waals surface area contributed by atoms with Crippen LogP contribution in [-0.4, -0.2) is 59.9 Å². The standard InChI is InChI=1S/C10H17N3O4S/c1-7-6-17-9(5-14)4-13(7)18(15,16)10-3-11-12-8(10)2/h3,7,9,14H,4-6H2,1-2H3,(H,11,12). The lowest BCUT2D eigenvalue weighted by molar-refractivity contribution is -0.0516. The van der Waals surface area contributed by atoms with Crippen LogP contribution in [0.4, 0.5) is 0 Å². The number of aryl methyl sites for hydroxylation is 1. The Morgan fingerprint density at radius 1 is 1.67 bits per heavy atom. The molecule has 0 aliphatic carbocycles. The highest BCUT2D eigenvalue weighted by atomic mass is 32.2. The quantitative estimate of drug-likeness (QED) is 0.774. The molecule has 1 saturated heterocycles. The van der Waals surface area contributed by atoms with E-state index in [4.69, 9.17) is 9.84 Å². The maximum absolute atomic E-state index is 12.5. The van der Waals surface area contributed by atoms with Crippen LogP contribution in [0.2, 0.25) is 0 Å². The van der Waals surface area contributed by atoms with Gasteiger partial charge in [0.15, 0.2) is 0 Å². The molecule has 0 spiro atoms. The molecule has 0 saturated carbocycles. The van der Waals surface area contributed by atoms with Gasteiger partial charge in [-0.05, 0) is 13.8 Å². The molecule has 2 heterocycles. The number of hydrogen-bond acceptors (Lipinski definition) is 5. The van der Waals surface area contributed by atoms with Crippen molar-refractivity contribution in [3.05, 3.63) is 11.9 Å². The molecule has 1 aliphatic rings. The highest BCUT2D eigenvalue weighted by Gasteiger charge is 2.36. The molecule has 102 valence electrons. The van der Waals surface area contributed by atoms with E-state index in [1.807, 2.05) is 0 Å². The number of aliphatic hydroxyl groups excluding tert-OH is 1. The number of rotatable bonds is 3. The first-order valence-corrected chi connectivity index (χ1v) is 7.15. The van der Waals surface area contributed by atoms with Gasteiger partial charge in [-0.25, -0.2) is 8.42 Å². The smallest absolute Gasteiger partial charge is 0.246 e. The molecule has 18 heavy (non-hydrogen) atoms. The van der Waals surface area contributed by atoms with Crippen molar-refractivity contribution in [2.75, 3.05) is 19.8 Å². The molecule has 2 unspecified atom stereocenters. The lowest BCUT2D eigenvalue weighted by Crippen LogP contribution is -2.51. The van der Waals surface area contributed by atoms with E-state index in [1.54, 1.807) is 13.8 Å². The largest absolute Gasteiger partial charge is 0.394 e. The summed E-state index contributed by atoms with van der Waals surface area (Å²) >= 11 is 0. The second-order valence-electron chi connectivity index (χ2n) is 4.42. The Labute approximate surface area is 106 Å². The van der Waals surface area contributed by atoms with Crippen molar-refractivity contribution >= 4 is 10.0 Å². The monoisotopic (exact) mass is 275 g/mol. The molecule has 1 fully saturated rings. The van der Waals surface area contributed by atoms with Gasteiger partial charge in [-0.1, -0.05) is 0 Å². The second kappa shape index (κ2) is 4.96. The van der Waals surface area contributed by atoms with Gasteiger partial charge >= 0.3 is 0 Å². The van der Waals surface area contributed by atoms with Crippen molar-refractivity contribution in [2.24, 2.45) is 0 Å². The van der Waals surface area contributed by atoms with Gasteiger partial charge < -0.3 is 9.84 Å². The Morgan fingerprint density at radius 2 is 2.39 bits per heavy atom. The summed E-state index contributed by atoms with van der Waals surface area (Å²) in [4.78, 5) is 0.174. The first-order chi connectivity index (χ1) is 8.46. The fraction of sp³-hybridized carbons (Fsp3) is 0.700. The van der Waals surface area contributed by atoms with Gasteiger partial charge in [0.1, 0.15) is 4.90 Å². The molecular formula is C10H17N3O4S. The summed E-state index contributed by atoms with van der Waals surface area (Å²) in [6, 6.07) is -0.257. The Kier molecular flexibility index (Phi) is 3.71. The number of hydrogen-bond donors (Lipinski definition) is 2. The van der Waals surface area contributed by atoms with Crippen LogP contribution < -0.4 is 0 Å². The van der Waals surface area contributed by atoms with E-state index in [9.17, 15) is 8.42 Å². The third-order valence-electron chi connectivity index (χ3n) is 3.02. The van der Waals surface area contributed by atoms with Gasteiger partial charge in [0.2, 0.25) is 10.0 Å². The zero-order valence-corrected chi connectivity index (χ0v) is 11.1. The van der Waals surface area contributed by atoms with Crippen LogP contribution in [0.5, 0.6) is 0 Å². The van der Waals surface area contributed by atoms with E-state index in [0.717, 1.165) is 0 Å². The maximum atomic E-state index is 12.5. The Bertz CT molecular complexity index is 513. The van der Waals surface area contributed by atoms with E-state index in [0.29, 0.717) is 5.69 Å². The summed E-state index contributed by atoms with van der Waals surface area (Å²) in [5, 5.41) is 15.4. The lowest BCUT2D eigenvalue weighted by Gasteiger charge is -2.36. The predicted molar refractivity (Wildman–Crippen MR) is 63.5 cm³/mol. The topological polar surface area (TPSA) is 95.5 Å². The van der Waals surface area contributed by atoms with Crippen molar-refractivity contribution in [1.29, 1.82) is 0 Å². The molecule has 0 aromatic carbocycles. The van der Waals surface area contributed by atoms with E-state index < -0.39 is 16.1 Å². The maximum Gasteiger partial charge on any atom is 0.246 e. The fourth-order valence-electron chi connectivity index (χ4n) is 1.96. The number of nitrogens with one attached hydrogen (secondary N) is 1. The second-order valence-corrected chi connectivity index (χ2v) is 6.28. The van der Waals surface area contributed by atoms with Crippen LogP contribution in [0.1, 0.15) is 12.6 Å². The summed E-state index contributed by atoms with van der Waals surface area (Å²) in [5.74, 6) is 0. The van der Waals surface area contributed by atoms with Crippen LogP contribution in [-0.2, 0) is 14.8 Å². The van der Waals surface area contributed by atoms with Gasteiger partial charge in [0, 0.05) is 12.6 Å². The highest BCUT2D eigenvalue weighted by Crippen LogP contribution is 2.23. The minimum Gasteiger partial charge on any atom is -0.394 e. The zero-order chi connectivity index (χ0) is 13.3. The van der Waals surface area contributed by atoms with Gasteiger partial charge in [-0.3, -0.25) is 5.10 Å². The minimum atomic E-state index is -3.59. The van der Waals surface area contributed by atoms with E-state index in [2.05, 4.69) is 10.2 Å². The Hall–Kier alpha value is -0.960. The highest BCUT2D eigenvalue weighted by molar-refractivity contribution is 7.89. The normalized spacial score (nSPS) is 26.4. The number of ether oxygens (including phenoxy) is 1. The summed E-state index contributed by atoms with van der Waals surface area (Å²) < 4.78 is 31.6. The number of aromatic nitrogens is 2. The molecule has 0 amide bonds. The summed E-state index contributed by atoms with van der Waals surface area (Å²) in [7, 11) is -3.59. The molecule has 1 aliphatic heterocycles. The number of aromatic amines is 1.